The van der Waals surface area contributed by atoms with Crippen molar-refractivity contribution in [2.24, 2.45) is 0 Å². The summed E-state index contributed by atoms with van der Waals surface area (Å²) in [5.74, 6) is 0. The lowest BCUT2D eigenvalue weighted by Crippen LogP contribution is -2.10. The predicted octanol–water partition coefficient (Wildman–Crippen LogP) is 6.60. The maximum atomic E-state index is 3.81. The molecule has 2 aromatic rings. The molecule has 0 radical (unpaired) electrons. The fraction of sp³-hybridized carbons (Fsp3) is 0.375. The summed E-state index contributed by atoms with van der Waals surface area (Å²) in [4.78, 5) is 1.62. The lowest BCUT2D eigenvalue weighted by atomic mass is 9.86. The summed E-state index contributed by atoms with van der Waals surface area (Å²) in [6.45, 7) is 8.86. The average Bonchev–Trinajstić information content (AvgIpc) is 2.68. The SMILES string of the molecule is Cc1cc(C(Br)c2ccc(C(C)(C)C)cc2)sc1Br. The van der Waals surface area contributed by atoms with Crippen LogP contribution in [-0.4, -0.2) is 0 Å². The van der Waals surface area contributed by atoms with Crippen molar-refractivity contribution in [2.75, 3.05) is 0 Å². The molecule has 0 aliphatic heterocycles. The van der Waals surface area contributed by atoms with E-state index >= 15 is 0 Å². The Labute approximate surface area is 136 Å². The second-order valence-electron chi connectivity index (χ2n) is 5.84. The first-order valence-electron chi connectivity index (χ1n) is 6.29. The summed E-state index contributed by atoms with van der Waals surface area (Å²) in [5.41, 5.74) is 4.19. The first kappa shape index (κ1) is 15.3. The Morgan fingerprint density at radius 2 is 1.68 bits per heavy atom. The normalized spacial score (nSPS) is 13.6. The molecule has 0 amide bonds. The molecule has 1 unspecified atom stereocenters. The van der Waals surface area contributed by atoms with Gasteiger partial charge in [0.05, 0.1) is 8.61 Å². The molecule has 1 heterocycles. The molecule has 0 fully saturated rings. The molecule has 3 heteroatoms. The van der Waals surface area contributed by atoms with E-state index in [1.54, 1.807) is 11.3 Å². The minimum atomic E-state index is 0.211. The number of thiophene rings is 1. The number of halogens is 2. The predicted molar refractivity (Wildman–Crippen MR) is 92.7 cm³/mol. The number of alkyl halides is 1. The van der Waals surface area contributed by atoms with Gasteiger partial charge in [-0.1, -0.05) is 61.0 Å². The zero-order valence-corrected chi connectivity index (χ0v) is 15.6. The lowest BCUT2D eigenvalue weighted by Gasteiger charge is -2.19. The largest absolute Gasteiger partial charge is 0.131 e. The fourth-order valence-corrected chi connectivity index (χ4v) is 4.22. The molecule has 2 rings (SSSR count). The van der Waals surface area contributed by atoms with E-state index in [2.05, 4.69) is 89.9 Å². The molecule has 0 N–H and O–H groups in total. The van der Waals surface area contributed by atoms with Gasteiger partial charge < -0.3 is 0 Å². The third-order valence-electron chi connectivity index (χ3n) is 3.20. The third kappa shape index (κ3) is 3.50. The summed E-state index contributed by atoms with van der Waals surface area (Å²) in [5, 5.41) is 0. The molecule has 1 aromatic heterocycles. The highest BCUT2D eigenvalue weighted by atomic mass is 79.9. The molecule has 102 valence electrons. The van der Waals surface area contributed by atoms with Crippen LogP contribution in [0.5, 0.6) is 0 Å². The third-order valence-corrected chi connectivity index (χ3v) is 6.72. The van der Waals surface area contributed by atoms with Crippen molar-refractivity contribution in [3.8, 4) is 0 Å². The van der Waals surface area contributed by atoms with E-state index in [1.165, 1.54) is 25.4 Å². The van der Waals surface area contributed by atoms with Gasteiger partial charge in [-0.25, -0.2) is 0 Å². The van der Waals surface area contributed by atoms with Gasteiger partial charge in [-0.3, -0.25) is 0 Å². The molecule has 0 spiro atoms. The standard InChI is InChI=1S/C16H18Br2S/c1-10-9-13(19-15(10)18)14(17)11-5-7-12(8-6-11)16(2,3)4/h5-9,14H,1-4H3. The lowest BCUT2D eigenvalue weighted by molar-refractivity contribution is 0.590. The molecule has 0 saturated carbocycles. The van der Waals surface area contributed by atoms with Gasteiger partial charge in [-0.2, -0.15) is 0 Å². The number of benzene rings is 1. The molecule has 0 bridgehead atoms. The molecule has 0 aliphatic rings. The van der Waals surface area contributed by atoms with Gasteiger partial charge in [0, 0.05) is 4.88 Å². The number of rotatable bonds is 2. The highest BCUT2D eigenvalue weighted by Crippen LogP contribution is 2.39. The smallest absolute Gasteiger partial charge is 0.0738 e. The van der Waals surface area contributed by atoms with Crippen LogP contribution in [0, 0.1) is 6.92 Å². The van der Waals surface area contributed by atoms with Gasteiger partial charge in [0.25, 0.3) is 0 Å². The zero-order valence-electron chi connectivity index (χ0n) is 11.6. The first-order chi connectivity index (χ1) is 8.79. The molecule has 0 aliphatic carbocycles. The minimum absolute atomic E-state index is 0.211. The van der Waals surface area contributed by atoms with Gasteiger partial charge in [-0.15, -0.1) is 11.3 Å². The van der Waals surface area contributed by atoms with Crippen molar-refractivity contribution >= 4 is 43.2 Å². The summed E-state index contributed by atoms with van der Waals surface area (Å²) in [7, 11) is 0. The Kier molecular flexibility index (Phi) is 4.59. The summed E-state index contributed by atoms with van der Waals surface area (Å²) < 4.78 is 1.22. The van der Waals surface area contributed by atoms with E-state index in [0.29, 0.717) is 0 Å². The van der Waals surface area contributed by atoms with E-state index in [9.17, 15) is 0 Å². The van der Waals surface area contributed by atoms with E-state index in [0.717, 1.165) is 0 Å². The highest BCUT2D eigenvalue weighted by molar-refractivity contribution is 9.11. The monoisotopic (exact) mass is 400 g/mol. The Balaban J connectivity index is 2.27. The quantitative estimate of drug-likeness (QED) is 0.497. The second kappa shape index (κ2) is 5.71. The molecular formula is C16H18Br2S. The molecular weight excluding hydrogens is 384 g/mol. The second-order valence-corrected chi connectivity index (χ2v) is 9.16. The topological polar surface area (TPSA) is 0 Å². The van der Waals surface area contributed by atoms with Crippen LogP contribution in [-0.2, 0) is 5.41 Å². The van der Waals surface area contributed by atoms with Crippen molar-refractivity contribution in [1.29, 1.82) is 0 Å². The maximum Gasteiger partial charge on any atom is 0.0738 e. The van der Waals surface area contributed by atoms with Crippen molar-refractivity contribution < 1.29 is 0 Å². The Hall–Kier alpha value is -0.120. The van der Waals surface area contributed by atoms with Crippen LogP contribution in [0.3, 0.4) is 0 Å². The van der Waals surface area contributed by atoms with Crippen LogP contribution in [0.25, 0.3) is 0 Å². The van der Waals surface area contributed by atoms with Crippen LogP contribution >= 0.6 is 43.2 Å². The van der Waals surface area contributed by atoms with Gasteiger partial charge in [0.2, 0.25) is 0 Å². The summed E-state index contributed by atoms with van der Waals surface area (Å²) in [6.07, 6.45) is 0. The number of hydrogen-bond acceptors (Lipinski definition) is 1. The van der Waals surface area contributed by atoms with Crippen molar-refractivity contribution in [3.05, 3.63) is 55.7 Å². The van der Waals surface area contributed by atoms with Crippen LogP contribution in [0.1, 0.15) is 47.2 Å². The zero-order chi connectivity index (χ0) is 14.2. The Bertz CT molecular complexity index is 542. The van der Waals surface area contributed by atoms with Crippen molar-refractivity contribution in [2.45, 2.75) is 37.9 Å². The van der Waals surface area contributed by atoms with Crippen LogP contribution in [0.15, 0.2) is 34.1 Å². The van der Waals surface area contributed by atoms with Gasteiger partial charge in [0.1, 0.15) is 0 Å². The number of aryl methyl sites for hydroxylation is 1. The summed E-state index contributed by atoms with van der Waals surface area (Å²) in [6, 6.07) is 11.2. The Morgan fingerprint density at radius 1 is 1.11 bits per heavy atom. The van der Waals surface area contributed by atoms with Gasteiger partial charge in [-0.05, 0) is 51.0 Å². The first-order valence-corrected chi connectivity index (χ1v) is 8.82. The van der Waals surface area contributed by atoms with E-state index < -0.39 is 0 Å². The van der Waals surface area contributed by atoms with E-state index in [-0.39, 0.29) is 10.2 Å². The van der Waals surface area contributed by atoms with Crippen LogP contribution in [0.4, 0.5) is 0 Å². The van der Waals surface area contributed by atoms with Gasteiger partial charge in [0.15, 0.2) is 0 Å². The maximum absolute atomic E-state index is 3.81. The van der Waals surface area contributed by atoms with Crippen LogP contribution in [0.2, 0.25) is 0 Å². The van der Waals surface area contributed by atoms with Gasteiger partial charge >= 0.3 is 0 Å². The molecule has 0 saturated heterocycles. The minimum Gasteiger partial charge on any atom is -0.131 e. The molecule has 1 atom stereocenters. The number of hydrogen-bond donors (Lipinski definition) is 0. The van der Waals surface area contributed by atoms with Crippen molar-refractivity contribution in [1.82, 2.24) is 0 Å². The average molecular weight is 402 g/mol. The van der Waals surface area contributed by atoms with Crippen molar-refractivity contribution in [3.63, 3.8) is 0 Å². The van der Waals surface area contributed by atoms with E-state index in [4.69, 9.17) is 0 Å². The Morgan fingerprint density at radius 3 is 2.11 bits per heavy atom. The molecule has 19 heavy (non-hydrogen) atoms. The highest BCUT2D eigenvalue weighted by Gasteiger charge is 2.17. The van der Waals surface area contributed by atoms with E-state index in [1.807, 2.05) is 0 Å². The van der Waals surface area contributed by atoms with Crippen LogP contribution < -0.4 is 0 Å². The molecule has 1 aromatic carbocycles. The fourth-order valence-electron chi connectivity index (χ4n) is 1.92. The molecule has 0 nitrogen and oxygen atoms in total. The summed E-state index contributed by atoms with van der Waals surface area (Å²) >= 11 is 9.20.